The van der Waals surface area contributed by atoms with Gasteiger partial charge in [0.2, 0.25) is 0 Å². The van der Waals surface area contributed by atoms with Crippen molar-refractivity contribution in [3.8, 4) is 0 Å². The molecule has 0 bridgehead atoms. The van der Waals surface area contributed by atoms with E-state index in [9.17, 15) is 0 Å². The quantitative estimate of drug-likeness (QED) is 0.643. The molecule has 2 aliphatic rings. The molecule has 1 N–H and O–H groups in total. The van der Waals surface area contributed by atoms with E-state index in [2.05, 4.69) is 63.5 Å². The molecule has 0 saturated heterocycles. The molecular weight excluding hydrogens is 426 g/mol. The second kappa shape index (κ2) is 9.87. The SMILES string of the molecule is CN(C)CCOC1CC=C(Br)C=C1CCc1c(Cl)cccc1C1=NCCN1. The Labute approximate surface area is 175 Å². The monoisotopic (exact) mass is 451 g/mol. The van der Waals surface area contributed by atoms with Crippen molar-refractivity contribution in [3.63, 3.8) is 0 Å². The van der Waals surface area contributed by atoms with Crippen LogP contribution in [0.1, 0.15) is 24.0 Å². The molecule has 1 unspecified atom stereocenters. The lowest BCUT2D eigenvalue weighted by molar-refractivity contribution is 0.0655. The molecule has 146 valence electrons. The zero-order chi connectivity index (χ0) is 19.2. The summed E-state index contributed by atoms with van der Waals surface area (Å²) in [4.78, 5) is 6.71. The predicted molar refractivity (Wildman–Crippen MR) is 117 cm³/mol. The first-order valence-electron chi connectivity index (χ1n) is 9.43. The van der Waals surface area contributed by atoms with E-state index < -0.39 is 0 Å². The molecule has 0 radical (unpaired) electrons. The van der Waals surface area contributed by atoms with E-state index in [4.69, 9.17) is 16.3 Å². The van der Waals surface area contributed by atoms with Crippen LogP contribution < -0.4 is 5.32 Å². The molecule has 1 aliphatic heterocycles. The van der Waals surface area contributed by atoms with Crippen LogP contribution in [0, 0.1) is 0 Å². The molecular formula is C21H27BrClN3O. The average Bonchev–Trinajstić information content (AvgIpc) is 3.16. The van der Waals surface area contributed by atoms with Gasteiger partial charge in [0, 0.05) is 28.2 Å². The third-order valence-corrected chi connectivity index (χ3v) is 5.74. The standard InChI is InChI=1S/C21H27BrClN3O/c1-26(2)12-13-27-20-9-7-16(22)14-15(20)6-8-17-18(4-3-5-19(17)23)21-24-10-11-25-21/h3-5,7,14,20H,6,8-13H2,1-2H3,(H,24,25). The number of aliphatic imine (C=N–C) groups is 1. The van der Waals surface area contributed by atoms with Crippen LogP contribution in [0.5, 0.6) is 0 Å². The summed E-state index contributed by atoms with van der Waals surface area (Å²) in [6, 6.07) is 6.07. The Hall–Kier alpha value is -1.14. The number of amidine groups is 1. The van der Waals surface area contributed by atoms with Crippen LogP contribution in [-0.2, 0) is 11.2 Å². The van der Waals surface area contributed by atoms with Crippen molar-refractivity contribution in [1.82, 2.24) is 10.2 Å². The van der Waals surface area contributed by atoms with Crippen LogP contribution in [-0.4, -0.2) is 57.2 Å². The van der Waals surface area contributed by atoms with Crippen molar-refractivity contribution in [2.24, 2.45) is 4.99 Å². The maximum Gasteiger partial charge on any atom is 0.128 e. The number of allylic oxidation sites excluding steroid dienone is 2. The van der Waals surface area contributed by atoms with Gasteiger partial charge in [0.1, 0.15) is 5.84 Å². The summed E-state index contributed by atoms with van der Waals surface area (Å²) in [5, 5.41) is 4.17. The molecule has 1 aromatic rings. The minimum Gasteiger partial charge on any atom is -0.372 e. The molecule has 0 saturated carbocycles. The maximum atomic E-state index is 6.55. The molecule has 3 rings (SSSR count). The van der Waals surface area contributed by atoms with Gasteiger partial charge < -0.3 is 15.0 Å². The molecule has 1 aromatic carbocycles. The van der Waals surface area contributed by atoms with Crippen LogP contribution in [0.25, 0.3) is 0 Å². The molecule has 0 amide bonds. The highest BCUT2D eigenvalue weighted by molar-refractivity contribution is 9.11. The molecule has 0 fully saturated rings. The lowest BCUT2D eigenvalue weighted by Gasteiger charge is -2.24. The van der Waals surface area contributed by atoms with Crippen molar-refractivity contribution in [3.05, 3.63) is 56.6 Å². The fraction of sp³-hybridized carbons (Fsp3) is 0.476. The fourth-order valence-electron chi connectivity index (χ4n) is 3.37. The van der Waals surface area contributed by atoms with E-state index in [0.29, 0.717) is 0 Å². The van der Waals surface area contributed by atoms with Gasteiger partial charge in [0.15, 0.2) is 0 Å². The van der Waals surface area contributed by atoms with Crippen molar-refractivity contribution >= 4 is 33.4 Å². The highest BCUT2D eigenvalue weighted by Gasteiger charge is 2.20. The third-order valence-electron chi connectivity index (χ3n) is 4.83. The Morgan fingerprint density at radius 2 is 2.19 bits per heavy atom. The zero-order valence-corrected chi connectivity index (χ0v) is 18.3. The number of nitrogens with zero attached hydrogens (tertiary/aromatic N) is 2. The first kappa shape index (κ1) is 20.6. The van der Waals surface area contributed by atoms with Crippen LogP contribution in [0.4, 0.5) is 0 Å². The summed E-state index contributed by atoms with van der Waals surface area (Å²) in [5.41, 5.74) is 3.59. The molecule has 27 heavy (non-hydrogen) atoms. The number of nitrogens with one attached hydrogen (secondary N) is 1. The van der Waals surface area contributed by atoms with E-state index in [-0.39, 0.29) is 6.10 Å². The molecule has 1 heterocycles. The van der Waals surface area contributed by atoms with E-state index in [1.165, 1.54) is 5.57 Å². The van der Waals surface area contributed by atoms with Gasteiger partial charge in [-0.15, -0.1) is 0 Å². The number of rotatable bonds is 8. The van der Waals surface area contributed by atoms with Gasteiger partial charge in [-0.3, -0.25) is 4.99 Å². The molecule has 0 aromatic heterocycles. The van der Waals surface area contributed by atoms with Gasteiger partial charge in [-0.25, -0.2) is 0 Å². The summed E-state index contributed by atoms with van der Waals surface area (Å²) < 4.78 is 7.29. The van der Waals surface area contributed by atoms with Gasteiger partial charge >= 0.3 is 0 Å². The highest BCUT2D eigenvalue weighted by Crippen LogP contribution is 2.30. The first-order valence-corrected chi connectivity index (χ1v) is 10.6. The number of likely N-dealkylation sites (N-methyl/N-ethyl adjacent to an activating group) is 1. The van der Waals surface area contributed by atoms with Crippen LogP contribution in [0.15, 0.2) is 45.4 Å². The van der Waals surface area contributed by atoms with E-state index in [1.807, 2.05) is 12.1 Å². The molecule has 1 atom stereocenters. The predicted octanol–water partition coefficient (Wildman–Crippen LogP) is 4.18. The van der Waals surface area contributed by atoms with Crippen molar-refractivity contribution in [1.29, 1.82) is 0 Å². The number of halogens is 2. The molecule has 6 heteroatoms. The van der Waals surface area contributed by atoms with Gasteiger partial charge in [-0.2, -0.15) is 0 Å². The lowest BCUT2D eigenvalue weighted by atomic mass is 9.93. The van der Waals surface area contributed by atoms with Gasteiger partial charge in [0.25, 0.3) is 0 Å². The summed E-state index contributed by atoms with van der Waals surface area (Å²) in [5.74, 6) is 0.963. The maximum absolute atomic E-state index is 6.55. The minimum absolute atomic E-state index is 0.138. The molecule has 1 aliphatic carbocycles. The Kier molecular flexibility index (Phi) is 7.53. The minimum atomic E-state index is 0.138. The van der Waals surface area contributed by atoms with Crippen molar-refractivity contribution in [2.45, 2.75) is 25.4 Å². The lowest BCUT2D eigenvalue weighted by Crippen LogP contribution is -2.25. The van der Waals surface area contributed by atoms with Crippen molar-refractivity contribution in [2.75, 3.05) is 40.3 Å². The summed E-state index contributed by atoms with van der Waals surface area (Å²) in [6.45, 7) is 3.38. The zero-order valence-electron chi connectivity index (χ0n) is 16.0. The third kappa shape index (κ3) is 5.67. The van der Waals surface area contributed by atoms with Crippen molar-refractivity contribution < 1.29 is 4.74 Å². The van der Waals surface area contributed by atoms with Crippen LogP contribution in [0.2, 0.25) is 5.02 Å². The van der Waals surface area contributed by atoms with E-state index >= 15 is 0 Å². The van der Waals surface area contributed by atoms with Gasteiger partial charge in [-0.05, 0) is 56.6 Å². The largest absolute Gasteiger partial charge is 0.372 e. The topological polar surface area (TPSA) is 36.9 Å². The Bertz CT molecular complexity index is 758. The Balaban J connectivity index is 1.71. The smallest absolute Gasteiger partial charge is 0.128 e. The van der Waals surface area contributed by atoms with Crippen LogP contribution in [0.3, 0.4) is 0 Å². The first-order chi connectivity index (χ1) is 13.0. The van der Waals surface area contributed by atoms with Crippen LogP contribution >= 0.6 is 27.5 Å². The van der Waals surface area contributed by atoms with E-state index in [0.717, 1.165) is 72.0 Å². The summed E-state index contributed by atoms with van der Waals surface area (Å²) in [7, 11) is 4.13. The Morgan fingerprint density at radius 1 is 1.33 bits per heavy atom. The number of hydrogen-bond donors (Lipinski definition) is 1. The average molecular weight is 453 g/mol. The summed E-state index contributed by atoms with van der Waals surface area (Å²) >= 11 is 10.2. The highest BCUT2D eigenvalue weighted by atomic mass is 79.9. The number of ether oxygens (including phenoxy) is 1. The number of benzene rings is 1. The molecule has 0 spiro atoms. The molecule has 4 nitrogen and oxygen atoms in total. The second-order valence-corrected chi connectivity index (χ2v) is 8.45. The second-order valence-electron chi connectivity index (χ2n) is 7.13. The normalized spacial score (nSPS) is 19.6. The fourth-order valence-corrected chi connectivity index (χ4v) is 4.12. The Morgan fingerprint density at radius 3 is 2.93 bits per heavy atom. The van der Waals surface area contributed by atoms with E-state index in [1.54, 1.807) is 0 Å². The van der Waals surface area contributed by atoms with Gasteiger partial charge in [0.05, 0.1) is 19.3 Å². The summed E-state index contributed by atoms with van der Waals surface area (Å²) in [6.07, 6.45) is 7.21. The van der Waals surface area contributed by atoms with Gasteiger partial charge in [-0.1, -0.05) is 45.7 Å². The number of hydrogen-bond acceptors (Lipinski definition) is 4.